The Hall–Kier alpha value is -3.53. The second-order valence-corrected chi connectivity index (χ2v) is 9.50. The van der Waals surface area contributed by atoms with Gasteiger partial charge in [0.2, 0.25) is 0 Å². The SMILES string of the molecule is CC(C)(C)OC(=O)Cc1cc(F)ccc1NC(=O)c1ccc(N2CCCCC2CO)c([N+](=O)[O-])c1. The van der Waals surface area contributed by atoms with Crippen molar-refractivity contribution in [1.82, 2.24) is 0 Å². The van der Waals surface area contributed by atoms with Crippen molar-refractivity contribution < 1.29 is 28.7 Å². The fourth-order valence-corrected chi connectivity index (χ4v) is 4.12. The normalized spacial score (nSPS) is 16.0. The highest BCUT2D eigenvalue weighted by atomic mass is 19.1. The van der Waals surface area contributed by atoms with E-state index >= 15 is 0 Å². The van der Waals surface area contributed by atoms with Crippen LogP contribution >= 0.6 is 0 Å². The molecule has 1 amide bonds. The van der Waals surface area contributed by atoms with Crippen LogP contribution in [-0.4, -0.2) is 46.7 Å². The lowest BCUT2D eigenvalue weighted by Gasteiger charge is -2.36. The van der Waals surface area contributed by atoms with Crippen LogP contribution in [0.4, 0.5) is 21.5 Å². The molecule has 9 nitrogen and oxygen atoms in total. The van der Waals surface area contributed by atoms with Crippen molar-refractivity contribution in [2.75, 3.05) is 23.4 Å². The van der Waals surface area contributed by atoms with Gasteiger partial charge in [-0.05, 0) is 75.9 Å². The summed E-state index contributed by atoms with van der Waals surface area (Å²) < 4.78 is 19.1. The van der Waals surface area contributed by atoms with E-state index in [-0.39, 0.29) is 41.6 Å². The van der Waals surface area contributed by atoms with Gasteiger partial charge in [-0.3, -0.25) is 19.7 Å². The molecule has 0 aliphatic carbocycles. The number of halogens is 1. The van der Waals surface area contributed by atoms with Crippen LogP contribution in [0.2, 0.25) is 0 Å². The van der Waals surface area contributed by atoms with Crippen molar-refractivity contribution >= 4 is 28.9 Å². The summed E-state index contributed by atoms with van der Waals surface area (Å²) in [7, 11) is 0. The van der Waals surface area contributed by atoms with E-state index in [0.717, 1.165) is 31.4 Å². The zero-order valence-electron chi connectivity index (χ0n) is 20.0. The number of nitro groups is 1. The fourth-order valence-electron chi connectivity index (χ4n) is 4.12. The van der Waals surface area contributed by atoms with Gasteiger partial charge >= 0.3 is 5.97 Å². The number of carbonyl (C=O) groups is 2. The number of rotatable bonds is 7. The molecule has 1 heterocycles. The van der Waals surface area contributed by atoms with Crippen LogP contribution in [0.25, 0.3) is 0 Å². The van der Waals surface area contributed by atoms with Crippen LogP contribution in [0.1, 0.15) is 56.0 Å². The summed E-state index contributed by atoms with van der Waals surface area (Å²) in [6.07, 6.45) is 2.24. The molecular weight excluding hydrogens is 457 g/mol. The number of anilines is 2. The molecule has 10 heteroatoms. The summed E-state index contributed by atoms with van der Waals surface area (Å²) in [5.41, 5.74) is -0.171. The van der Waals surface area contributed by atoms with Crippen LogP contribution in [0.15, 0.2) is 36.4 Å². The Kier molecular flexibility index (Phi) is 8.06. The average Bonchev–Trinajstić information content (AvgIpc) is 2.79. The molecule has 0 aromatic heterocycles. The van der Waals surface area contributed by atoms with E-state index in [4.69, 9.17) is 4.74 Å². The zero-order valence-corrected chi connectivity index (χ0v) is 20.0. The van der Waals surface area contributed by atoms with E-state index in [2.05, 4.69) is 5.32 Å². The predicted molar refractivity (Wildman–Crippen MR) is 129 cm³/mol. The standard InChI is InChI=1S/C25H30FN3O6/c1-25(2,3)35-23(31)14-17-12-18(26)8-9-20(17)27-24(32)16-7-10-21(22(13-16)29(33)34)28-11-5-4-6-19(28)15-30/h7-10,12-13,19,30H,4-6,11,14-15H2,1-3H3,(H,27,32). The van der Waals surface area contributed by atoms with Crippen molar-refractivity contribution in [3.63, 3.8) is 0 Å². The van der Waals surface area contributed by atoms with Gasteiger partial charge in [-0.2, -0.15) is 0 Å². The molecule has 2 aromatic carbocycles. The Morgan fingerprint density at radius 2 is 1.97 bits per heavy atom. The van der Waals surface area contributed by atoms with Crippen LogP contribution in [-0.2, 0) is 16.0 Å². The van der Waals surface area contributed by atoms with Gasteiger partial charge in [0.25, 0.3) is 11.6 Å². The molecule has 2 N–H and O–H groups in total. The quantitative estimate of drug-likeness (QED) is 0.341. The van der Waals surface area contributed by atoms with Gasteiger partial charge in [-0.15, -0.1) is 0 Å². The number of aliphatic hydroxyl groups is 1. The van der Waals surface area contributed by atoms with Crippen LogP contribution in [0.5, 0.6) is 0 Å². The van der Waals surface area contributed by atoms with Crippen molar-refractivity contribution in [3.8, 4) is 0 Å². The minimum atomic E-state index is -0.724. The molecular formula is C25H30FN3O6. The lowest BCUT2D eigenvalue weighted by atomic mass is 10.0. The molecule has 2 aromatic rings. The monoisotopic (exact) mass is 487 g/mol. The Balaban J connectivity index is 1.86. The number of nitrogens with zero attached hydrogens (tertiary/aromatic N) is 2. The summed E-state index contributed by atoms with van der Waals surface area (Å²) in [6, 6.07) is 7.55. The number of carbonyl (C=O) groups excluding carboxylic acids is 2. The molecule has 0 bridgehead atoms. The summed E-state index contributed by atoms with van der Waals surface area (Å²) >= 11 is 0. The number of benzene rings is 2. The van der Waals surface area contributed by atoms with Crippen molar-refractivity contribution in [1.29, 1.82) is 0 Å². The molecule has 1 unspecified atom stereocenters. The van der Waals surface area contributed by atoms with Gasteiger partial charge in [0, 0.05) is 23.9 Å². The third-order valence-corrected chi connectivity index (χ3v) is 5.65. The van der Waals surface area contributed by atoms with Crippen molar-refractivity contribution in [3.05, 3.63) is 63.5 Å². The maximum atomic E-state index is 13.9. The Morgan fingerprint density at radius 3 is 2.63 bits per heavy atom. The second-order valence-electron chi connectivity index (χ2n) is 9.50. The van der Waals surface area contributed by atoms with E-state index in [1.165, 1.54) is 24.3 Å². The summed E-state index contributed by atoms with van der Waals surface area (Å²) in [6.45, 7) is 5.58. The van der Waals surface area contributed by atoms with Gasteiger partial charge in [0.15, 0.2) is 0 Å². The molecule has 188 valence electrons. The van der Waals surface area contributed by atoms with Gasteiger partial charge < -0.3 is 20.1 Å². The van der Waals surface area contributed by atoms with E-state index in [1.807, 2.05) is 4.90 Å². The van der Waals surface area contributed by atoms with E-state index in [0.29, 0.717) is 12.2 Å². The third kappa shape index (κ3) is 6.75. The largest absolute Gasteiger partial charge is 0.460 e. The van der Waals surface area contributed by atoms with Crippen molar-refractivity contribution in [2.24, 2.45) is 0 Å². The maximum absolute atomic E-state index is 13.9. The molecule has 0 saturated carbocycles. The smallest absolute Gasteiger partial charge is 0.310 e. The highest BCUT2D eigenvalue weighted by Crippen LogP contribution is 2.34. The number of nitrogens with one attached hydrogen (secondary N) is 1. The Morgan fingerprint density at radius 1 is 1.23 bits per heavy atom. The summed E-state index contributed by atoms with van der Waals surface area (Å²) in [5, 5.41) is 24.1. The molecule has 0 spiro atoms. The number of amides is 1. The molecule has 1 saturated heterocycles. The summed E-state index contributed by atoms with van der Waals surface area (Å²) in [4.78, 5) is 38.3. The topological polar surface area (TPSA) is 122 Å². The van der Waals surface area contributed by atoms with Gasteiger partial charge in [0.1, 0.15) is 17.1 Å². The number of hydrogen-bond donors (Lipinski definition) is 2. The first-order chi connectivity index (χ1) is 16.5. The predicted octanol–water partition coefficient (Wildman–Crippen LogP) is 4.22. The van der Waals surface area contributed by atoms with Crippen molar-refractivity contribution in [2.45, 2.75) is 58.1 Å². The highest BCUT2D eigenvalue weighted by molar-refractivity contribution is 6.05. The highest BCUT2D eigenvalue weighted by Gasteiger charge is 2.29. The first-order valence-electron chi connectivity index (χ1n) is 11.5. The molecule has 1 aliphatic heterocycles. The minimum absolute atomic E-state index is 0.0329. The number of hydrogen-bond acceptors (Lipinski definition) is 7. The first kappa shape index (κ1) is 26.1. The van der Waals surface area contributed by atoms with Crippen LogP contribution in [0, 0.1) is 15.9 Å². The molecule has 1 atom stereocenters. The lowest BCUT2D eigenvalue weighted by molar-refractivity contribution is -0.384. The van der Waals surface area contributed by atoms with E-state index < -0.39 is 28.2 Å². The fraction of sp³-hybridized carbons (Fsp3) is 0.440. The van der Waals surface area contributed by atoms with Gasteiger partial charge in [-0.25, -0.2) is 4.39 Å². The van der Waals surface area contributed by atoms with Crippen LogP contribution < -0.4 is 10.2 Å². The molecule has 35 heavy (non-hydrogen) atoms. The third-order valence-electron chi connectivity index (χ3n) is 5.65. The maximum Gasteiger partial charge on any atom is 0.310 e. The number of piperidine rings is 1. The number of esters is 1. The lowest BCUT2D eigenvalue weighted by Crippen LogP contribution is -2.42. The molecule has 3 rings (SSSR count). The van der Waals surface area contributed by atoms with Gasteiger partial charge in [0.05, 0.1) is 24.0 Å². The molecule has 1 fully saturated rings. The average molecular weight is 488 g/mol. The Labute approximate surface area is 203 Å². The van der Waals surface area contributed by atoms with E-state index in [1.54, 1.807) is 20.8 Å². The zero-order chi connectivity index (χ0) is 25.8. The Bertz CT molecular complexity index is 1110. The first-order valence-corrected chi connectivity index (χ1v) is 11.5. The van der Waals surface area contributed by atoms with Gasteiger partial charge in [-0.1, -0.05) is 0 Å². The van der Waals surface area contributed by atoms with Crippen LogP contribution in [0.3, 0.4) is 0 Å². The molecule has 1 aliphatic rings. The number of ether oxygens (including phenoxy) is 1. The summed E-state index contributed by atoms with van der Waals surface area (Å²) in [5.74, 6) is -1.81. The molecule has 0 radical (unpaired) electrons. The number of nitro benzene ring substituents is 1. The minimum Gasteiger partial charge on any atom is -0.460 e. The second kappa shape index (κ2) is 10.8. The van der Waals surface area contributed by atoms with E-state index in [9.17, 15) is 29.2 Å². The number of aliphatic hydroxyl groups excluding tert-OH is 1.